The van der Waals surface area contributed by atoms with Gasteiger partial charge in [-0.2, -0.15) is 13.2 Å². The van der Waals surface area contributed by atoms with Gasteiger partial charge >= 0.3 is 6.18 Å². The predicted octanol–water partition coefficient (Wildman–Crippen LogP) is 3.79. The first-order chi connectivity index (χ1) is 10.7. The minimum absolute atomic E-state index is 0.0552. The van der Waals surface area contributed by atoms with E-state index < -0.39 is 21.8 Å². The van der Waals surface area contributed by atoms with Crippen LogP contribution in [0.4, 0.5) is 13.2 Å². The summed E-state index contributed by atoms with van der Waals surface area (Å²) >= 11 is 0. The van der Waals surface area contributed by atoms with Crippen LogP contribution in [-0.2, 0) is 16.2 Å². The summed E-state index contributed by atoms with van der Waals surface area (Å²) < 4.78 is 64.2. The maximum Gasteiger partial charge on any atom is 0.416 e. The molecule has 0 aliphatic rings. The van der Waals surface area contributed by atoms with Gasteiger partial charge < -0.3 is 0 Å². The first kappa shape index (κ1) is 17.5. The van der Waals surface area contributed by atoms with Crippen molar-refractivity contribution in [2.24, 2.45) is 0 Å². The van der Waals surface area contributed by atoms with Gasteiger partial charge in [0.25, 0.3) is 0 Å². The van der Waals surface area contributed by atoms with Crippen molar-refractivity contribution in [2.75, 3.05) is 6.54 Å². The van der Waals surface area contributed by atoms with Gasteiger partial charge in [-0.3, -0.25) is 0 Å². The Kier molecular flexibility index (Phi) is 5.11. The zero-order chi connectivity index (χ0) is 17.1. The van der Waals surface area contributed by atoms with Gasteiger partial charge in [0.05, 0.1) is 10.5 Å². The highest BCUT2D eigenvalue weighted by Gasteiger charge is 2.30. The topological polar surface area (TPSA) is 46.2 Å². The monoisotopic (exact) mass is 343 g/mol. The van der Waals surface area contributed by atoms with Crippen LogP contribution in [0, 0.1) is 0 Å². The van der Waals surface area contributed by atoms with E-state index in [4.69, 9.17) is 0 Å². The molecule has 23 heavy (non-hydrogen) atoms. The third kappa shape index (κ3) is 4.56. The van der Waals surface area contributed by atoms with Crippen LogP contribution in [0.3, 0.4) is 0 Å². The normalized spacial score (nSPS) is 13.7. The summed E-state index contributed by atoms with van der Waals surface area (Å²) in [6.07, 6.45) is -4.49. The summed E-state index contributed by atoms with van der Waals surface area (Å²) in [7, 11) is -3.84. The molecule has 0 aliphatic carbocycles. The summed E-state index contributed by atoms with van der Waals surface area (Å²) in [6.45, 7) is 2.03. The molecule has 1 atom stereocenters. The average molecular weight is 343 g/mol. The highest BCUT2D eigenvalue weighted by atomic mass is 32.2. The third-order valence-electron chi connectivity index (χ3n) is 3.44. The van der Waals surface area contributed by atoms with Gasteiger partial charge in [-0.15, -0.1) is 0 Å². The Labute approximate surface area is 133 Å². The number of alkyl halides is 3. The zero-order valence-corrected chi connectivity index (χ0v) is 13.2. The molecular weight excluding hydrogens is 327 g/mol. The number of sulfonamides is 1. The molecule has 2 aromatic carbocycles. The number of benzene rings is 2. The third-order valence-corrected chi connectivity index (χ3v) is 4.88. The molecule has 0 radical (unpaired) electrons. The molecule has 3 nitrogen and oxygen atoms in total. The van der Waals surface area contributed by atoms with Crippen molar-refractivity contribution in [2.45, 2.75) is 23.9 Å². The van der Waals surface area contributed by atoms with Gasteiger partial charge in [0, 0.05) is 6.54 Å². The number of halogens is 3. The summed E-state index contributed by atoms with van der Waals surface area (Å²) in [6, 6.07) is 12.8. The van der Waals surface area contributed by atoms with Crippen LogP contribution < -0.4 is 4.72 Å². The van der Waals surface area contributed by atoms with Crippen LogP contribution >= 0.6 is 0 Å². The van der Waals surface area contributed by atoms with E-state index in [0.29, 0.717) is 0 Å². The second-order valence-electron chi connectivity index (χ2n) is 5.19. The van der Waals surface area contributed by atoms with E-state index in [0.717, 1.165) is 29.8 Å². The number of hydrogen-bond acceptors (Lipinski definition) is 2. The second kappa shape index (κ2) is 6.72. The van der Waals surface area contributed by atoms with E-state index in [9.17, 15) is 21.6 Å². The van der Waals surface area contributed by atoms with E-state index in [1.54, 1.807) is 0 Å². The molecule has 0 fully saturated rings. The summed E-state index contributed by atoms with van der Waals surface area (Å²) in [4.78, 5) is -0.189. The molecule has 124 valence electrons. The molecule has 0 bridgehead atoms. The van der Waals surface area contributed by atoms with Crippen molar-refractivity contribution in [3.63, 3.8) is 0 Å². The fourth-order valence-corrected chi connectivity index (χ4v) is 3.17. The van der Waals surface area contributed by atoms with E-state index in [1.807, 2.05) is 37.3 Å². The van der Waals surface area contributed by atoms with Crippen molar-refractivity contribution in [3.05, 3.63) is 65.7 Å². The molecule has 0 amide bonds. The average Bonchev–Trinajstić information content (AvgIpc) is 2.53. The van der Waals surface area contributed by atoms with Crippen LogP contribution in [0.15, 0.2) is 59.5 Å². The zero-order valence-electron chi connectivity index (χ0n) is 12.3. The molecule has 2 rings (SSSR count). The highest BCUT2D eigenvalue weighted by molar-refractivity contribution is 7.89. The van der Waals surface area contributed by atoms with Crippen LogP contribution in [0.1, 0.15) is 24.0 Å². The maximum absolute atomic E-state index is 12.5. The van der Waals surface area contributed by atoms with Gasteiger partial charge in [-0.05, 0) is 35.7 Å². The minimum Gasteiger partial charge on any atom is -0.211 e. The van der Waals surface area contributed by atoms with Crippen LogP contribution in [-0.4, -0.2) is 15.0 Å². The Hall–Kier alpha value is -1.86. The van der Waals surface area contributed by atoms with Gasteiger partial charge in [-0.1, -0.05) is 37.3 Å². The summed E-state index contributed by atoms with van der Waals surface area (Å²) in [5.74, 6) is -0.0552. The lowest BCUT2D eigenvalue weighted by Gasteiger charge is -2.14. The van der Waals surface area contributed by atoms with Crippen molar-refractivity contribution in [1.82, 2.24) is 4.72 Å². The molecule has 0 saturated heterocycles. The first-order valence-corrected chi connectivity index (χ1v) is 8.40. The second-order valence-corrected chi connectivity index (χ2v) is 6.95. The fourth-order valence-electron chi connectivity index (χ4n) is 2.04. The Balaban J connectivity index is 2.07. The molecule has 0 unspecified atom stereocenters. The van der Waals surface area contributed by atoms with Crippen LogP contribution in [0.2, 0.25) is 0 Å². The molecule has 7 heteroatoms. The SMILES string of the molecule is C[C@H](CNS(=O)(=O)c1ccc(C(F)(F)F)cc1)c1ccccc1. The molecule has 0 aromatic heterocycles. The van der Waals surface area contributed by atoms with E-state index in [1.165, 1.54) is 0 Å². The Bertz CT molecular complexity index is 741. The summed E-state index contributed by atoms with van der Waals surface area (Å²) in [5, 5.41) is 0. The first-order valence-electron chi connectivity index (χ1n) is 6.92. The van der Waals surface area contributed by atoms with Crippen LogP contribution in [0.25, 0.3) is 0 Å². The highest BCUT2D eigenvalue weighted by Crippen LogP contribution is 2.29. The van der Waals surface area contributed by atoms with Crippen molar-refractivity contribution < 1.29 is 21.6 Å². The molecule has 1 N–H and O–H groups in total. The molecule has 0 spiro atoms. The van der Waals surface area contributed by atoms with Crippen molar-refractivity contribution >= 4 is 10.0 Å². The molecule has 0 aliphatic heterocycles. The Morgan fingerprint density at radius 1 is 1.00 bits per heavy atom. The lowest BCUT2D eigenvalue weighted by atomic mass is 10.0. The number of hydrogen-bond donors (Lipinski definition) is 1. The Morgan fingerprint density at radius 2 is 1.57 bits per heavy atom. The molecule has 2 aromatic rings. The van der Waals surface area contributed by atoms with Gasteiger partial charge in [0.1, 0.15) is 0 Å². The van der Waals surface area contributed by atoms with Gasteiger partial charge in [0.15, 0.2) is 0 Å². The molecule has 0 saturated carbocycles. The lowest BCUT2D eigenvalue weighted by Crippen LogP contribution is -2.27. The molecule has 0 heterocycles. The standard InChI is InChI=1S/C16H16F3NO2S/c1-12(13-5-3-2-4-6-13)11-20-23(21,22)15-9-7-14(8-10-15)16(17,18)19/h2-10,12,20H,11H2,1H3/t12-/m1/s1. The van der Waals surface area contributed by atoms with E-state index >= 15 is 0 Å². The maximum atomic E-state index is 12.5. The molecular formula is C16H16F3NO2S. The fraction of sp³-hybridized carbons (Fsp3) is 0.250. The summed E-state index contributed by atoms with van der Waals surface area (Å²) in [5.41, 5.74) is 0.0942. The van der Waals surface area contributed by atoms with Crippen molar-refractivity contribution in [3.8, 4) is 0 Å². The van der Waals surface area contributed by atoms with E-state index in [2.05, 4.69) is 4.72 Å². The van der Waals surface area contributed by atoms with Gasteiger partial charge in [0.2, 0.25) is 10.0 Å². The smallest absolute Gasteiger partial charge is 0.211 e. The van der Waals surface area contributed by atoms with E-state index in [-0.39, 0.29) is 17.4 Å². The largest absolute Gasteiger partial charge is 0.416 e. The van der Waals surface area contributed by atoms with Crippen molar-refractivity contribution in [1.29, 1.82) is 0 Å². The van der Waals surface area contributed by atoms with Crippen LogP contribution in [0.5, 0.6) is 0 Å². The number of rotatable bonds is 5. The van der Waals surface area contributed by atoms with Gasteiger partial charge in [-0.25, -0.2) is 13.1 Å². The minimum atomic E-state index is -4.49. The quantitative estimate of drug-likeness (QED) is 0.898. The lowest BCUT2D eigenvalue weighted by molar-refractivity contribution is -0.137. The number of nitrogens with one attached hydrogen (secondary N) is 1. The predicted molar refractivity (Wildman–Crippen MR) is 81.5 cm³/mol. The Morgan fingerprint density at radius 3 is 2.09 bits per heavy atom.